The van der Waals surface area contributed by atoms with E-state index in [2.05, 4.69) is 0 Å². The van der Waals surface area contributed by atoms with Crippen LogP contribution in [0.2, 0.25) is 0 Å². The van der Waals surface area contributed by atoms with Crippen LogP contribution in [-0.4, -0.2) is 40.9 Å². The van der Waals surface area contributed by atoms with E-state index in [1.165, 1.54) is 0 Å². The van der Waals surface area contributed by atoms with Crippen molar-refractivity contribution >= 4 is 34.8 Å². The van der Waals surface area contributed by atoms with Crippen molar-refractivity contribution in [3.63, 3.8) is 0 Å². The standard InChI is InChI=1S/C6H9Cl3O3/c7-6(8,9)5(10)4-3-11-1-2-12-4/h4-5,10H,1-3H2. The van der Waals surface area contributed by atoms with E-state index in [1.807, 2.05) is 0 Å². The maximum Gasteiger partial charge on any atom is 0.218 e. The van der Waals surface area contributed by atoms with Crippen LogP contribution in [-0.2, 0) is 9.47 Å². The first-order valence-electron chi connectivity index (χ1n) is 3.46. The summed E-state index contributed by atoms with van der Waals surface area (Å²) < 4.78 is 8.46. The fraction of sp³-hybridized carbons (Fsp3) is 1.00. The summed E-state index contributed by atoms with van der Waals surface area (Å²) in [5, 5.41) is 9.41. The molecule has 0 spiro atoms. The molecule has 12 heavy (non-hydrogen) atoms. The Morgan fingerprint density at radius 3 is 2.42 bits per heavy atom. The predicted octanol–water partition coefficient (Wildman–Crippen LogP) is 1.13. The van der Waals surface area contributed by atoms with Crippen molar-refractivity contribution in [1.82, 2.24) is 0 Å². The highest BCUT2D eigenvalue weighted by Crippen LogP contribution is 2.33. The highest BCUT2D eigenvalue weighted by molar-refractivity contribution is 6.68. The summed E-state index contributed by atoms with van der Waals surface area (Å²) in [6.45, 7) is 1.20. The molecule has 1 N–H and O–H groups in total. The third kappa shape index (κ3) is 2.91. The summed E-state index contributed by atoms with van der Waals surface area (Å²) in [4.78, 5) is 0. The highest BCUT2D eigenvalue weighted by Gasteiger charge is 2.38. The van der Waals surface area contributed by atoms with Gasteiger partial charge in [-0.2, -0.15) is 0 Å². The van der Waals surface area contributed by atoms with E-state index in [1.54, 1.807) is 0 Å². The van der Waals surface area contributed by atoms with Gasteiger partial charge in [0.05, 0.1) is 19.8 Å². The number of ether oxygens (including phenoxy) is 2. The molecule has 3 nitrogen and oxygen atoms in total. The van der Waals surface area contributed by atoms with Crippen LogP contribution in [0.1, 0.15) is 0 Å². The Kier molecular flexibility index (Phi) is 3.89. The second-order valence-electron chi connectivity index (χ2n) is 2.47. The molecule has 1 fully saturated rings. The monoisotopic (exact) mass is 234 g/mol. The third-order valence-corrected chi connectivity index (χ3v) is 2.20. The van der Waals surface area contributed by atoms with Gasteiger partial charge in [0.15, 0.2) is 0 Å². The number of aliphatic hydroxyl groups excluding tert-OH is 1. The van der Waals surface area contributed by atoms with E-state index in [9.17, 15) is 5.11 Å². The molecule has 0 saturated carbocycles. The molecule has 0 aromatic heterocycles. The van der Waals surface area contributed by atoms with Gasteiger partial charge < -0.3 is 14.6 Å². The van der Waals surface area contributed by atoms with E-state index in [4.69, 9.17) is 44.3 Å². The minimum atomic E-state index is -1.72. The average molecular weight is 235 g/mol. The maximum absolute atomic E-state index is 9.41. The SMILES string of the molecule is OC(C1COCCO1)C(Cl)(Cl)Cl. The molecule has 6 heteroatoms. The first-order valence-corrected chi connectivity index (χ1v) is 4.59. The first-order chi connectivity index (χ1) is 5.52. The van der Waals surface area contributed by atoms with Crippen LogP contribution in [0.15, 0.2) is 0 Å². The molecule has 1 saturated heterocycles. The fourth-order valence-corrected chi connectivity index (χ4v) is 1.32. The van der Waals surface area contributed by atoms with E-state index < -0.39 is 16.0 Å². The minimum Gasteiger partial charge on any atom is -0.386 e. The lowest BCUT2D eigenvalue weighted by molar-refractivity contribution is -0.130. The number of hydrogen-bond donors (Lipinski definition) is 1. The van der Waals surface area contributed by atoms with Gasteiger partial charge in [-0.3, -0.25) is 0 Å². The summed E-state index contributed by atoms with van der Waals surface area (Å²) >= 11 is 16.4. The third-order valence-electron chi connectivity index (χ3n) is 1.53. The summed E-state index contributed by atoms with van der Waals surface area (Å²) in [5.74, 6) is 0. The number of halogens is 3. The molecular weight excluding hydrogens is 226 g/mol. The Balaban J connectivity index is 2.45. The second kappa shape index (κ2) is 4.31. The van der Waals surface area contributed by atoms with Crippen molar-refractivity contribution in [2.45, 2.75) is 16.0 Å². The van der Waals surface area contributed by atoms with Crippen molar-refractivity contribution in [3.05, 3.63) is 0 Å². The van der Waals surface area contributed by atoms with Crippen molar-refractivity contribution in [2.24, 2.45) is 0 Å². The molecule has 0 aromatic carbocycles. The highest BCUT2D eigenvalue weighted by atomic mass is 35.6. The van der Waals surface area contributed by atoms with Gasteiger partial charge in [-0.15, -0.1) is 0 Å². The summed E-state index contributed by atoms with van der Waals surface area (Å²) in [5.41, 5.74) is 0. The maximum atomic E-state index is 9.41. The quantitative estimate of drug-likeness (QED) is 0.693. The van der Waals surface area contributed by atoms with Crippen molar-refractivity contribution in [3.8, 4) is 0 Å². The molecule has 0 bridgehead atoms. The zero-order valence-electron chi connectivity index (χ0n) is 6.17. The van der Waals surface area contributed by atoms with Gasteiger partial charge in [0.1, 0.15) is 12.2 Å². The van der Waals surface area contributed by atoms with E-state index in [-0.39, 0.29) is 6.61 Å². The average Bonchev–Trinajstić information content (AvgIpc) is 2.03. The molecule has 0 aliphatic carbocycles. The Hall–Kier alpha value is 0.750. The number of aliphatic hydroxyl groups is 1. The van der Waals surface area contributed by atoms with Crippen molar-refractivity contribution < 1.29 is 14.6 Å². The normalized spacial score (nSPS) is 28.5. The van der Waals surface area contributed by atoms with Gasteiger partial charge >= 0.3 is 0 Å². The second-order valence-corrected chi connectivity index (χ2v) is 4.84. The van der Waals surface area contributed by atoms with Crippen LogP contribution in [0.4, 0.5) is 0 Å². The molecule has 1 rings (SSSR count). The smallest absolute Gasteiger partial charge is 0.218 e. The van der Waals surface area contributed by atoms with Crippen LogP contribution in [0.5, 0.6) is 0 Å². The van der Waals surface area contributed by atoms with Gasteiger partial charge in [-0.25, -0.2) is 0 Å². The molecule has 1 heterocycles. The lowest BCUT2D eigenvalue weighted by Crippen LogP contribution is -2.45. The molecular formula is C6H9Cl3O3. The van der Waals surface area contributed by atoms with E-state index in [0.717, 1.165) is 0 Å². The first kappa shape index (κ1) is 10.8. The summed E-state index contributed by atoms with van der Waals surface area (Å²) in [6.07, 6.45) is -1.70. The molecule has 0 aromatic rings. The molecule has 72 valence electrons. The van der Waals surface area contributed by atoms with Gasteiger partial charge in [-0.1, -0.05) is 34.8 Å². The Labute approximate surface area is 85.5 Å². The predicted molar refractivity (Wildman–Crippen MR) is 46.9 cm³/mol. The van der Waals surface area contributed by atoms with Crippen molar-refractivity contribution in [2.75, 3.05) is 19.8 Å². The lowest BCUT2D eigenvalue weighted by Gasteiger charge is -2.30. The van der Waals surface area contributed by atoms with Crippen LogP contribution in [0.3, 0.4) is 0 Å². The Bertz CT molecular complexity index is 141. The molecule has 2 atom stereocenters. The van der Waals surface area contributed by atoms with Gasteiger partial charge in [0, 0.05) is 0 Å². The molecule has 0 amide bonds. The van der Waals surface area contributed by atoms with Crippen LogP contribution in [0.25, 0.3) is 0 Å². The zero-order chi connectivity index (χ0) is 9.19. The van der Waals surface area contributed by atoms with E-state index in [0.29, 0.717) is 13.2 Å². The summed E-state index contributed by atoms with van der Waals surface area (Å²) in [7, 11) is 0. The molecule has 2 unspecified atom stereocenters. The largest absolute Gasteiger partial charge is 0.386 e. The Morgan fingerprint density at radius 1 is 1.33 bits per heavy atom. The van der Waals surface area contributed by atoms with E-state index >= 15 is 0 Å². The molecule has 1 aliphatic rings. The fourth-order valence-electron chi connectivity index (χ4n) is 0.899. The van der Waals surface area contributed by atoms with Gasteiger partial charge in [-0.05, 0) is 0 Å². The molecule has 0 radical (unpaired) electrons. The molecule has 1 aliphatic heterocycles. The zero-order valence-corrected chi connectivity index (χ0v) is 8.44. The number of rotatable bonds is 1. The van der Waals surface area contributed by atoms with Crippen molar-refractivity contribution in [1.29, 1.82) is 0 Å². The number of alkyl halides is 3. The topological polar surface area (TPSA) is 38.7 Å². The minimum absolute atomic E-state index is 0.259. The van der Waals surface area contributed by atoms with Gasteiger partial charge in [0.2, 0.25) is 3.79 Å². The van der Waals surface area contributed by atoms with Crippen LogP contribution in [0, 0.1) is 0 Å². The Morgan fingerprint density at radius 2 is 2.00 bits per heavy atom. The van der Waals surface area contributed by atoms with Crippen LogP contribution >= 0.6 is 34.8 Å². The lowest BCUT2D eigenvalue weighted by atomic mass is 10.2. The summed E-state index contributed by atoms with van der Waals surface area (Å²) in [6, 6.07) is 0. The van der Waals surface area contributed by atoms with Gasteiger partial charge in [0.25, 0.3) is 0 Å². The van der Waals surface area contributed by atoms with Crippen LogP contribution < -0.4 is 0 Å². The number of hydrogen-bond acceptors (Lipinski definition) is 3.